The molecule has 7 heteroatoms. The Morgan fingerprint density at radius 2 is 1.83 bits per heavy atom. The maximum atomic E-state index is 12.1. The average Bonchev–Trinajstić information content (AvgIpc) is 2.44. The summed E-state index contributed by atoms with van der Waals surface area (Å²) < 4.78 is 10.3. The van der Waals surface area contributed by atoms with Crippen molar-refractivity contribution in [3.63, 3.8) is 0 Å². The van der Waals surface area contributed by atoms with Crippen LogP contribution in [0.2, 0.25) is 0 Å². The maximum Gasteiger partial charge on any atom is 0.407 e. The summed E-state index contributed by atoms with van der Waals surface area (Å²) in [6.45, 7) is 6.21. The minimum absolute atomic E-state index is 0.272. The Kier molecular flexibility index (Phi) is 6.68. The largest absolute Gasteiger partial charge is 0.494 e. The zero-order valence-electron chi connectivity index (χ0n) is 14.1. The van der Waals surface area contributed by atoms with E-state index in [1.165, 1.54) is 7.11 Å². The summed E-state index contributed by atoms with van der Waals surface area (Å²) >= 11 is 0. The van der Waals surface area contributed by atoms with Crippen LogP contribution < -0.4 is 21.1 Å². The van der Waals surface area contributed by atoms with Crippen molar-refractivity contribution in [2.24, 2.45) is 0 Å². The quantitative estimate of drug-likeness (QED) is 0.548. The van der Waals surface area contributed by atoms with Crippen LogP contribution in [0.1, 0.15) is 37.6 Å². The molecular weight excluding hydrogens is 298 g/mol. The molecular formula is C16H25N3O4. The molecule has 0 spiro atoms. The average molecular weight is 323 g/mol. The SMILES string of the molecule is COc1c(N)cccc1C(=O)NCCCNC(=O)OC(C)(C)C. The minimum Gasteiger partial charge on any atom is -0.494 e. The van der Waals surface area contributed by atoms with Gasteiger partial charge in [-0.05, 0) is 39.3 Å². The predicted molar refractivity (Wildman–Crippen MR) is 88.6 cm³/mol. The van der Waals surface area contributed by atoms with Crippen LogP contribution in [0.4, 0.5) is 10.5 Å². The van der Waals surface area contributed by atoms with Crippen molar-refractivity contribution >= 4 is 17.7 Å². The molecule has 0 saturated heterocycles. The molecule has 0 unspecified atom stereocenters. The molecule has 2 amide bonds. The number of amides is 2. The fraction of sp³-hybridized carbons (Fsp3) is 0.500. The van der Waals surface area contributed by atoms with Crippen LogP contribution in [0.3, 0.4) is 0 Å². The van der Waals surface area contributed by atoms with Crippen LogP contribution in [-0.4, -0.2) is 37.8 Å². The molecule has 0 fully saturated rings. The molecule has 23 heavy (non-hydrogen) atoms. The fourth-order valence-corrected chi connectivity index (χ4v) is 1.85. The van der Waals surface area contributed by atoms with E-state index in [1.54, 1.807) is 39.0 Å². The molecule has 0 aliphatic carbocycles. The first kappa shape index (κ1) is 18.6. The van der Waals surface area contributed by atoms with Crippen LogP contribution in [0.5, 0.6) is 5.75 Å². The number of alkyl carbamates (subject to hydrolysis) is 1. The molecule has 0 radical (unpaired) electrons. The highest BCUT2D eigenvalue weighted by atomic mass is 16.6. The zero-order chi connectivity index (χ0) is 17.5. The summed E-state index contributed by atoms with van der Waals surface area (Å²) in [6, 6.07) is 5.00. The minimum atomic E-state index is -0.526. The Morgan fingerprint density at radius 3 is 2.43 bits per heavy atom. The lowest BCUT2D eigenvalue weighted by Crippen LogP contribution is -2.34. The number of nitrogens with one attached hydrogen (secondary N) is 2. The molecule has 0 atom stereocenters. The van der Waals surface area contributed by atoms with Gasteiger partial charge in [-0.1, -0.05) is 6.07 Å². The molecule has 1 aromatic carbocycles. The molecule has 0 saturated carbocycles. The molecule has 7 nitrogen and oxygen atoms in total. The number of hydrogen-bond acceptors (Lipinski definition) is 5. The Bertz CT molecular complexity index is 553. The van der Waals surface area contributed by atoms with Crippen molar-refractivity contribution in [1.82, 2.24) is 10.6 Å². The second kappa shape index (κ2) is 8.26. The Hall–Kier alpha value is -2.44. The molecule has 0 heterocycles. The Morgan fingerprint density at radius 1 is 1.17 bits per heavy atom. The predicted octanol–water partition coefficient (Wildman–Crippen LogP) is 1.92. The van der Waals surface area contributed by atoms with Crippen LogP contribution in [0, 0.1) is 0 Å². The highest BCUT2D eigenvalue weighted by molar-refractivity contribution is 5.98. The number of carbonyl (C=O) groups excluding carboxylic acids is 2. The molecule has 128 valence electrons. The van der Waals surface area contributed by atoms with Gasteiger partial charge in [-0.2, -0.15) is 0 Å². The van der Waals surface area contributed by atoms with Gasteiger partial charge in [-0.3, -0.25) is 4.79 Å². The van der Waals surface area contributed by atoms with E-state index in [2.05, 4.69) is 10.6 Å². The van der Waals surface area contributed by atoms with E-state index < -0.39 is 11.7 Å². The Balaban J connectivity index is 2.35. The van der Waals surface area contributed by atoms with Gasteiger partial charge in [0.15, 0.2) is 5.75 Å². The number of ether oxygens (including phenoxy) is 2. The van der Waals surface area contributed by atoms with E-state index in [-0.39, 0.29) is 5.91 Å². The van der Waals surface area contributed by atoms with Gasteiger partial charge in [0.1, 0.15) is 5.60 Å². The van der Waals surface area contributed by atoms with Crippen molar-refractivity contribution in [2.75, 3.05) is 25.9 Å². The molecule has 4 N–H and O–H groups in total. The monoisotopic (exact) mass is 323 g/mol. The van der Waals surface area contributed by atoms with Gasteiger partial charge in [0, 0.05) is 13.1 Å². The first-order valence-corrected chi connectivity index (χ1v) is 7.42. The number of benzene rings is 1. The molecule has 1 aromatic rings. The first-order valence-electron chi connectivity index (χ1n) is 7.42. The molecule has 0 aromatic heterocycles. The van der Waals surface area contributed by atoms with Gasteiger partial charge < -0.3 is 25.8 Å². The third kappa shape index (κ3) is 6.46. The normalized spacial score (nSPS) is 10.8. The van der Waals surface area contributed by atoms with Crippen LogP contribution >= 0.6 is 0 Å². The summed E-state index contributed by atoms with van der Waals surface area (Å²) in [4.78, 5) is 23.5. The van der Waals surface area contributed by atoms with Gasteiger partial charge in [-0.25, -0.2) is 4.79 Å². The van der Waals surface area contributed by atoms with Crippen LogP contribution in [0.25, 0.3) is 0 Å². The highest BCUT2D eigenvalue weighted by Crippen LogP contribution is 2.25. The molecule has 0 aliphatic heterocycles. The second-order valence-electron chi connectivity index (χ2n) is 5.97. The summed E-state index contributed by atoms with van der Waals surface area (Å²) in [5.41, 5.74) is 6.03. The fourth-order valence-electron chi connectivity index (χ4n) is 1.85. The van der Waals surface area contributed by atoms with Gasteiger partial charge in [0.2, 0.25) is 0 Å². The highest BCUT2D eigenvalue weighted by Gasteiger charge is 2.16. The maximum absolute atomic E-state index is 12.1. The number of methoxy groups -OCH3 is 1. The summed E-state index contributed by atoms with van der Waals surface area (Å²) in [5, 5.41) is 5.38. The lowest BCUT2D eigenvalue weighted by atomic mass is 10.1. The van der Waals surface area contributed by atoms with E-state index in [0.717, 1.165) is 0 Å². The van der Waals surface area contributed by atoms with Crippen molar-refractivity contribution in [3.8, 4) is 5.75 Å². The number of rotatable bonds is 6. The first-order chi connectivity index (χ1) is 10.7. The van der Waals surface area contributed by atoms with Crippen molar-refractivity contribution in [3.05, 3.63) is 23.8 Å². The number of para-hydroxylation sites is 1. The standard InChI is InChI=1S/C16H25N3O4/c1-16(2,3)23-15(21)19-10-6-9-18-14(20)11-7-5-8-12(17)13(11)22-4/h5,7-8H,6,9-10,17H2,1-4H3,(H,18,20)(H,19,21). The van der Waals surface area contributed by atoms with Gasteiger partial charge >= 0.3 is 6.09 Å². The van der Waals surface area contributed by atoms with Crippen molar-refractivity contribution in [1.29, 1.82) is 0 Å². The van der Waals surface area contributed by atoms with E-state index in [1.807, 2.05) is 0 Å². The molecule has 1 rings (SSSR count). The number of anilines is 1. The van der Waals surface area contributed by atoms with E-state index in [9.17, 15) is 9.59 Å². The second-order valence-corrected chi connectivity index (χ2v) is 5.97. The number of carbonyl (C=O) groups is 2. The van der Waals surface area contributed by atoms with Crippen molar-refractivity contribution < 1.29 is 19.1 Å². The lowest BCUT2D eigenvalue weighted by molar-refractivity contribution is 0.0527. The van der Waals surface area contributed by atoms with Gasteiger partial charge in [0.05, 0.1) is 18.4 Å². The van der Waals surface area contributed by atoms with Crippen LogP contribution in [0.15, 0.2) is 18.2 Å². The summed E-state index contributed by atoms with van der Waals surface area (Å²) in [5.74, 6) is 0.0864. The number of nitrogens with two attached hydrogens (primary N) is 1. The summed E-state index contributed by atoms with van der Waals surface area (Å²) in [6.07, 6.45) is 0.108. The zero-order valence-corrected chi connectivity index (χ0v) is 14.1. The molecule has 0 aliphatic rings. The molecule has 0 bridgehead atoms. The Labute approximate surface area is 136 Å². The van der Waals surface area contributed by atoms with Crippen molar-refractivity contribution in [2.45, 2.75) is 32.8 Å². The van der Waals surface area contributed by atoms with E-state index >= 15 is 0 Å². The van der Waals surface area contributed by atoms with Crippen LogP contribution in [-0.2, 0) is 4.74 Å². The third-order valence-electron chi connectivity index (χ3n) is 2.80. The summed E-state index contributed by atoms with van der Waals surface area (Å²) in [7, 11) is 1.47. The topological polar surface area (TPSA) is 103 Å². The number of hydrogen-bond donors (Lipinski definition) is 3. The smallest absolute Gasteiger partial charge is 0.407 e. The number of nitrogen functional groups attached to an aromatic ring is 1. The van der Waals surface area contributed by atoms with Gasteiger partial charge in [0.25, 0.3) is 5.91 Å². The third-order valence-corrected chi connectivity index (χ3v) is 2.80. The van der Waals surface area contributed by atoms with E-state index in [4.69, 9.17) is 15.2 Å². The lowest BCUT2D eigenvalue weighted by Gasteiger charge is -2.19. The van der Waals surface area contributed by atoms with Gasteiger partial charge in [-0.15, -0.1) is 0 Å². The van der Waals surface area contributed by atoms with E-state index in [0.29, 0.717) is 36.5 Å².